The SMILES string of the molecule is O=C(N[C@@]12CC[C@H](O)[C@H](SC1)/C2=N\O)c1ccccc1. The van der Waals surface area contributed by atoms with Gasteiger partial charge in [0.05, 0.1) is 22.6 Å². The Kier molecular flexibility index (Phi) is 3.43. The van der Waals surface area contributed by atoms with Crippen LogP contribution in [0.5, 0.6) is 0 Å². The first kappa shape index (κ1) is 13.5. The molecule has 2 fully saturated rings. The van der Waals surface area contributed by atoms with Gasteiger partial charge in [0.15, 0.2) is 0 Å². The lowest BCUT2D eigenvalue weighted by atomic mass is 9.80. The van der Waals surface area contributed by atoms with Crippen LogP contribution < -0.4 is 5.32 Å². The number of fused-ring (bicyclic) bond motifs is 2. The van der Waals surface area contributed by atoms with Crippen molar-refractivity contribution >= 4 is 23.4 Å². The highest BCUT2D eigenvalue weighted by molar-refractivity contribution is 8.01. The summed E-state index contributed by atoms with van der Waals surface area (Å²) in [6.07, 6.45) is 0.691. The lowest BCUT2D eigenvalue weighted by Crippen LogP contribution is -2.59. The van der Waals surface area contributed by atoms with E-state index in [2.05, 4.69) is 10.5 Å². The summed E-state index contributed by atoms with van der Waals surface area (Å²) in [4.78, 5) is 12.3. The zero-order chi connectivity index (χ0) is 14.2. The molecule has 1 saturated heterocycles. The molecule has 0 radical (unpaired) electrons. The largest absolute Gasteiger partial charge is 0.411 e. The van der Waals surface area contributed by atoms with Crippen molar-refractivity contribution in [3.05, 3.63) is 35.9 Å². The van der Waals surface area contributed by atoms with Gasteiger partial charge in [-0.15, -0.1) is 11.8 Å². The second kappa shape index (κ2) is 5.10. The highest BCUT2D eigenvalue weighted by Gasteiger charge is 2.53. The van der Waals surface area contributed by atoms with E-state index in [0.717, 1.165) is 0 Å². The summed E-state index contributed by atoms with van der Waals surface area (Å²) in [7, 11) is 0. The van der Waals surface area contributed by atoms with Crippen molar-refractivity contribution in [3.63, 3.8) is 0 Å². The molecular formula is C14H16N2O3S. The van der Waals surface area contributed by atoms with Gasteiger partial charge in [-0.05, 0) is 25.0 Å². The molecule has 3 N–H and O–H groups in total. The van der Waals surface area contributed by atoms with Crippen molar-refractivity contribution in [1.29, 1.82) is 0 Å². The molecule has 1 aromatic carbocycles. The zero-order valence-corrected chi connectivity index (χ0v) is 11.6. The third kappa shape index (κ3) is 2.09. The molecule has 20 heavy (non-hydrogen) atoms. The fourth-order valence-corrected chi connectivity index (χ4v) is 4.51. The lowest BCUT2D eigenvalue weighted by molar-refractivity contribution is 0.0904. The Hall–Kier alpha value is -1.53. The standard InChI is InChI=1S/C14H16N2O3S/c17-10-6-7-14(8-20-11(10)12(14)16-19)15-13(18)9-4-2-1-3-5-9/h1-5,10-11,17,19H,6-8H2,(H,15,18)/b16-12+/t10-,11-,14-/m0/s1. The van der Waals surface area contributed by atoms with Gasteiger partial charge in [0.1, 0.15) is 0 Å². The number of rotatable bonds is 2. The number of carbonyl (C=O) groups excluding carboxylic acids is 1. The number of nitrogens with one attached hydrogen (secondary N) is 1. The van der Waals surface area contributed by atoms with Crippen LogP contribution in [0.25, 0.3) is 0 Å². The highest BCUT2D eigenvalue weighted by Crippen LogP contribution is 2.43. The molecule has 2 aliphatic rings. The van der Waals surface area contributed by atoms with Crippen LogP contribution in [0, 0.1) is 0 Å². The van der Waals surface area contributed by atoms with E-state index in [0.29, 0.717) is 29.9 Å². The molecule has 3 atom stereocenters. The summed E-state index contributed by atoms with van der Waals surface area (Å²) < 4.78 is 0. The molecule has 1 saturated carbocycles. The van der Waals surface area contributed by atoms with Crippen LogP contribution in [0.2, 0.25) is 0 Å². The molecule has 1 amide bonds. The first-order valence-electron chi connectivity index (χ1n) is 6.56. The first-order chi connectivity index (χ1) is 9.66. The maximum Gasteiger partial charge on any atom is 0.252 e. The van der Waals surface area contributed by atoms with Crippen molar-refractivity contribution in [2.75, 3.05) is 5.75 Å². The van der Waals surface area contributed by atoms with Crippen LogP contribution in [0.4, 0.5) is 0 Å². The quantitative estimate of drug-likeness (QED) is 0.566. The first-order valence-corrected chi connectivity index (χ1v) is 7.61. The van der Waals surface area contributed by atoms with Crippen molar-refractivity contribution in [2.45, 2.75) is 29.7 Å². The van der Waals surface area contributed by atoms with Gasteiger partial charge in [0.25, 0.3) is 5.91 Å². The molecule has 1 aromatic rings. The number of carbonyl (C=O) groups is 1. The minimum Gasteiger partial charge on any atom is -0.411 e. The molecule has 0 spiro atoms. The molecule has 1 heterocycles. The van der Waals surface area contributed by atoms with Gasteiger partial charge in [-0.25, -0.2) is 0 Å². The van der Waals surface area contributed by atoms with E-state index in [9.17, 15) is 15.1 Å². The van der Waals surface area contributed by atoms with E-state index in [4.69, 9.17) is 0 Å². The van der Waals surface area contributed by atoms with Gasteiger partial charge < -0.3 is 15.6 Å². The van der Waals surface area contributed by atoms with Crippen molar-refractivity contribution in [1.82, 2.24) is 5.32 Å². The predicted octanol–water partition coefficient (Wildman–Crippen LogP) is 1.26. The van der Waals surface area contributed by atoms with Crippen LogP contribution in [0.3, 0.4) is 0 Å². The molecule has 2 bridgehead atoms. The van der Waals surface area contributed by atoms with E-state index >= 15 is 0 Å². The minimum absolute atomic E-state index is 0.176. The second-order valence-corrected chi connectivity index (χ2v) is 6.36. The molecule has 0 unspecified atom stereocenters. The fourth-order valence-electron chi connectivity index (χ4n) is 2.89. The van der Waals surface area contributed by atoms with Crippen molar-refractivity contribution in [3.8, 4) is 0 Å². The molecule has 5 nitrogen and oxygen atoms in total. The Labute approximate surface area is 121 Å². The maximum atomic E-state index is 12.3. The van der Waals surface area contributed by atoms with Gasteiger partial charge in [-0.1, -0.05) is 23.4 Å². The molecule has 3 rings (SSSR count). The Morgan fingerprint density at radius 3 is 2.85 bits per heavy atom. The average Bonchev–Trinajstić information content (AvgIpc) is 2.76. The maximum absolute atomic E-state index is 12.3. The normalized spacial score (nSPS) is 34.1. The number of benzene rings is 1. The van der Waals surface area contributed by atoms with Crippen LogP contribution in [-0.2, 0) is 0 Å². The number of aliphatic hydroxyl groups is 1. The number of oxime groups is 1. The molecule has 106 valence electrons. The summed E-state index contributed by atoms with van der Waals surface area (Å²) in [5, 5.41) is 25.3. The third-order valence-electron chi connectivity index (χ3n) is 3.98. The van der Waals surface area contributed by atoms with Gasteiger partial charge in [0, 0.05) is 11.3 Å². The van der Waals surface area contributed by atoms with Crippen LogP contribution in [-0.4, -0.2) is 44.6 Å². The Morgan fingerprint density at radius 1 is 1.40 bits per heavy atom. The summed E-state index contributed by atoms with van der Waals surface area (Å²) in [6.45, 7) is 0. The van der Waals surface area contributed by atoms with E-state index in [1.807, 2.05) is 18.2 Å². The minimum atomic E-state index is -0.629. The Balaban J connectivity index is 1.85. The Bertz CT molecular complexity index is 549. The van der Waals surface area contributed by atoms with E-state index < -0.39 is 11.6 Å². The number of aliphatic hydroxyl groups excluding tert-OH is 1. The number of hydrogen-bond acceptors (Lipinski definition) is 5. The lowest BCUT2D eigenvalue weighted by Gasteiger charge is -2.35. The van der Waals surface area contributed by atoms with Gasteiger partial charge >= 0.3 is 0 Å². The summed E-state index contributed by atoms with van der Waals surface area (Å²) in [5.41, 5.74) is 0.445. The smallest absolute Gasteiger partial charge is 0.252 e. The zero-order valence-electron chi connectivity index (χ0n) is 10.8. The molecule has 1 aliphatic heterocycles. The van der Waals surface area contributed by atoms with Crippen molar-refractivity contribution < 1.29 is 15.1 Å². The van der Waals surface area contributed by atoms with Crippen LogP contribution >= 0.6 is 11.8 Å². The van der Waals surface area contributed by atoms with Gasteiger partial charge in [-0.2, -0.15) is 0 Å². The third-order valence-corrected chi connectivity index (χ3v) is 5.54. The van der Waals surface area contributed by atoms with Crippen LogP contribution in [0.15, 0.2) is 35.5 Å². The van der Waals surface area contributed by atoms with E-state index in [1.54, 1.807) is 12.1 Å². The highest BCUT2D eigenvalue weighted by atomic mass is 32.2. The summed E-state index contributed by atoms with van der Waals surface area (Å²) in [5.74, 6) is 0.455. The predicted molar refractivity (Wildman–Crippen MR) is 77.3 cm³/mol. The number of hydrogen-bond donors (Lipinski definition) is 3. The topological polar surface area (TPSA) is 81.9 Å². The van der Waals surface area contributed by atoms with Crippen LogP contribution in [0.1, 0.15) is 23.2 Å². The molecule has 1 aliphatic carbocycles. The second-order valence-electron chi connectivity index (χ2n) is 5.23. The number of amides is 1. The average molecular weight is 292 g/mol. The van der Waals surface area contributed by atoms with Gasteiger partial charge in [-0.3, -0.25) is 4.79 Å². The molecular weight excluding hydrogens is 276 g/mol. The summed E-state index contributed by atoms with van der Waals surface area (Å²) >= 11 is 1.53. The Morgan fingerprint density at radius 2 is 2.15 bits per heavy atom. The monoisotopic (exact) mass is 292 g/mol. The number of thioether (sulfide) groups is 1. The fraction of sp³-hybridized carbons (Fsp3) is 0.429. The van der Waals surface area contributed by atoms with Crippen molar-refractivity contribution in [2.24, 2.45) is 5.16 Å². The van der Waals surface area contributed by atoms with E-state index in [-0.39, 0.29) is 11.2 Å². The molecule has 0 aromatic heterocycles. The van der Waals surface area contributed by atoms with Gasteiger partial charge in [0.2, 0.25) is 0 Å². The number of nitrogens with zero attached hydrogens (tertiary/aromatic N) is 1. The molecule has 6 heteroatoms. The van der Waals surface area contributed by atoms with E-state index in [1.165, 1.54) is 11.8 Å². The summed E-state index contributed by atoms with van der Waals surface area (Å²) in [6, 6.07) is 8.97.